The van der Waals surface area contributed by atoms with E-state index in [4.69, 9.17) is 28.9 Å². The van der Waals surface area contributed by atoms with Crippen molar-refractivity contribution in [3.63, 3.8) is 0 Å². The molecule has 1 aromatic heterocycles. The third-order valence-electron chi connectivity index (χ3n) is 2.57. The zero-order valence-electron chi connectivity index (χ0n) is 10.6. The highest BCUT2D eigenvalue weighted by molar-refractivity contribution is 9.10. The third-order valence-corrected chi connectivity index (χ3v) is 7.35. The highest BCUT2D eigenvalue weighted by Crippen LogP contribution is 2.37. The predicted molar refractivity (Wildman–Crippen MR) is 92.0 cm³/mol. The van der Waals surface area contributed by atoms with Crippen LogP contribution in [0.25, 0.3) is 0 Å². The summed E-state index contributed by atoms with van der Waals surface area (Å²) >= 11 is 16.4. The number of hydrogen-bond donors (Lipinski definition) is 2. The van der Waals surface area contributed by atoms with E-state index in [1.807, 2.05) is 0 Å². The van der Waals surface area contributed by atoms with E-state index in [2.05, 4.69) is 20.7 Å². The molecule has 0 unspecified atom stereocenters. The van der Waals surface area contributed by atoms with Crippen molar-refractivity contribution in [2.45, 2.75) is 10.6 Å². The number of sulfonamides is 1. The minimum Gasteiger partial charge on any atom is -0.330 e. The Morgan fingerprint density at radius 1 is 1.19 bits per heavy atom. The SMILES string of the molecule is NCCc1ccc(S(=O)(=O)Nc2ccc(Br)c(Cl)c2Cl)s1. The normalized spacial score (nSPS) is 11.6. The molecule has 21 heavy (non-hydrogen) atoms. The van der Waals surface area contributed by atoms with Crippen LogP contribution in [0.4, 0.5) is 5.69 Å². The molecule has 4 nitrogen and oxygen atoms in total. The summed E-state index contributed by atoms with van der Waals surface area (Å²) in [5.41, 5.74) is 5.69. The summed E-state index contributed by atoms with van der Waals surface area (Å²) in [5.74, 6) is 0. The quantitative estimate of drug-likeness (QED) is 0.702. The van der Waals surface area contributed by atoms with Crippen LogP contribution in [-0.4, -0.2) is 15.0 Å². The summed E-state index contributed by atoms with van der Waals surface area (Å²) in [4.78, 5) is 0.915. The maximum Gasteiger partial charge on any atom is 0.271 e. The van der Waals surface area contributed by atoms with Gasteiger partial charge in [0.1, 0.15) is 4.21 Å². The largest absolute Gasteiger partial charge is 0.330 e. The first-order chi connectivity index (χ1) is 9.85. The highest BCUT2D eigenvalue weighted by atomic mass is 79.9. The second-order valence-corrected chi connectivity index (χ2v) is 8.78. The Labute approximate surface area is 145 Å². The van der Waals surface area contributed by atoms with Crippen LogP contribution in [0.1, 0.15) is 4.88 Å². The predicted octanol–water partition coefficient (Wildman–Crippen LogP) is 4.12. The van der Waals surface area contributed by atoms with Gasteiger partial charge < -0.3 is 5.73 Å². The van der Waals surface area contributed by atoms with Crippen molar-refractivity contribution in [3.05, 3.63) is 43.7 Å². The van der Waals surface area contributed by atoms with E-state index < -0.39 is 10.0 Å². The first kappa shape index (κ1) is 17.1. The van der Waals surface area contributed by atoms with E-state index in [0.717, 1.165) is 4.88 Å². The number of thiophene rings is 1. The molecule has 0 spiro atoms. The lowest BCUT2D eigenvalue weighted by Gasteiger charge is -2.10. The van der Waals surface area contributed by atoms with E-state index in [0.29, 0.717) is 17.4 Å². The average molecular weight is 430 g/mol. The van der Waals surface area contributed by atoms with Crippen LogP contribution < -0.4 is 10.5 Å². The van der Waals surface area contributed by atoms with Crippen LogP contribution >= 0.6 is 50.5 Å². The molecule has 2 aromatic rings. The molecule has 0 aliphatic carbocycles. The monoisotopic (exact) mass is 428 g/mol. The van der Waals surface area contributed by atoms with Gasteiger partial charge >= 0.3 is 0 Å². The van der Waals surface area contributed by atoms with Crippen LogP contribution in [0.2, 0.25) is 10.0 Å². The Morgan fingerprint density at radius 2 is 1.90 bits per heavy atom. The van der Waals surface area contributed by atoms with Gasteiger partial charge in [-0.25, -0.2) is 8.42 Å². The first-order valence-electron chi connectivity index (χ1n) is 5.80. The minimum absolute atomic E-state index is 0.147. The number of anilines is 1. The van der Waals surface area contributed by atoms with Crippen LogP contribution in [0, 0.1) is 0 Å². The van der Waals surface area contributed by atoms with Gasteiger partial charge in [-0.2, -0.15) is 0 Å². The van der Waals surface area contributed by atoms with E-state index in [-0.39, 0.29) is 19.9 Å². The van der Waals surface area contributed by atoms with E-state index in [1.165, 1.54) is 11.3 Å². The van der Waals surface area contributed by atoms with Gasteiger partial charge in [0, 0.05) is 9.35 Å². The van der Waals surface area contributed by atoms with Crippen molar-refractivity contribution in [1.82, 2.24) is 0 Å². The van der Waals surface area contributed by atoms with E-state index in [1.54, 1.807) is 24.3 Å². The minimum atomic E-state index is -3.69. The lowest BCUT2D eigenvalue weighted by molar-refractivity contribution is 0.603. The lowest BCUT2D eigenvalue weighted by Crippen LogP contribution is -2.11. The number of halogens is 3. The second kappa shape index (κ2) is 6.85. The summed E-state index contributed by atoms with van der Waals surface area (Å²) in [6.07, 6.45) is 0.644. The molecule has 2 rings (SSSR count). The summed E-state index contributed by atoms with van der Waals surface area (Å²) in [6.45, 7) is 0.474. The Morgan fingerprint density at radius 3 is 2.57 bits per heavy atom. The molecular formula is C12H11BrCl2N2O2S2. The zero-order chi connectivity index (χ0) is 15.6. The van der Waals surface area contributed by atoms with E-state index >= 15 is 0 Å². The summed E-state index contributed by atoms with van der Waals surface area (Å²) in [6, 6.07) is 6.47. The van der Waals surface area contributed by atoms with Crippen LogP contribution in [0.3, 0.4) is 0 Å². The number of rotatable bonds is 5. The molecule has 0 fully saturated rings. The van der Waals surface area contributed by atoms with Crippen molar-refractivity contribution < 1.29 is 8.42 Å². The molecule has 1 aromatic carbocycles. The van der Waals surface area contributed by atoms with E-state index in [9.17, 15) is 8.42 Å². The molecule has 1 heterocycles. The fourth-order valence-corrected chi connectivity index (χ4v) is 4.90. The maximum absolute atomic E-state index is 12.3. The second-order valence-electron chi connectivity index (χ2n) is 4.09. The van der Waals surface area contributed by atoms with Crippen molar-refractivity contribution in [2.75, 3.05) is 11.3 Å². The molecule has 3 N–H and O–H groups in total. The molecule has 0 saturated heterocycles. The smallest absolute Gasteiger partial charge is 0.271 e. The Bertz CT molecular complexity index is 763. The molecule has 0 aliphatic rings. The molecule has 0 amide bonds. The average Bonchev–Trinajstić information content (AvgIpc) is 2.89. The van der Waals surface area contributed by atoms with Crippen molar-refractivity contribution in [3.8, 4) is 0 Å². The molecular weight excluding hydrogens is 419 g/mol. The zero-order valence-corrected chi connectivity index (χ0v) is 15.3. The van der Waals surface area contributed by atoms with Gasteiger partial charge in [-0.05, 0) is 53.2 Å². The van der Waals surface area contributed by atoms with Crippen LogP contribution in [-0.2, 0) is 16.4 Å². The standard InChI is InChI=1S/C12H11BrCl2N2O2S2/c13-8-2-3-9(12(15)11(8)14)17-21(18,19)10-4-1-7(20-10)5-6-16/h1-4,17H,5-6,16H2. The Hall–Kier alpha value is -0.310. The van der Waals surface area contributed by atoms with Crippen LogP contribution in [0.15, 0.2) is 32.9 Å². The number of hydrogen-bond acceptors (Lipinski definition) is 4. The first-order valence-corrected chi connectivity index (χ1v) is 9.65. The topological polar surface area (TPSA) is 72.2 Å². The molecule has 114 valence electrons. The van der Waals surface area contributed by atoms with Gasteiger partial charge in [-0.15, -0.1) is 11.3 Å². The van der Waals surface area contributed by atoms with Crippen molar-refractivity contribution in [1.29, 1.82) is 0 Å². The summed E-state index contributed by atoms with van der Waals surface area (Å²) in [7, 11) is -3.69. The Kier molecular flexibility index (Phi) is 5.56. The molecule has 0 bridgehead atoms. The lowest BCUT2D eigenvalue weighted by atomic mass is 10.3. The number of nitrogens with two attached hydrogens (primary N) is 1. The van der Waals surface area contributed by atoms with Crippen molar-refractivity contribution in [2.24, 2.45) is 5.73 Å². The van der Waals surface area contributed by atoms with Crippen molar-refractivity contribution >= 4 is 66.2 Å². The fraction of sp³-hybridized carbons (Fsp3) is 0.167. The van der Waals surface area contributed by atoms with Gasteiger partial charge in [-0.3, -0.25) is 4.72 Å². The highest BCUT2D eigenvalue weighted by Gasteiger charge is 2.19. The summed E-state index contributed by atoms with van der Waals surface area (Å²) < 4.78 is 27.9. The Balaban J connectivity index is 2.31. The van der Waals surface area contributed by atoms with Gasteiger partial charge in [-0.1, -0.05) is 23.2 Å². The van der Waals surface area contributed by atoms with Gasteiger partial charge in [0.25, 0.3) is 10.0 Å². The summed E-state index contributed by atoms with van der Waals surface area (Å²) in [5, 5.41) is 0.403. The maximum atomic E-state index is 12.3. The number of benzene rings is 1. The molecule has 0 aliphatic heterocycles. The van der Waals surface area contributed by atoms with Crippen LogP contribution in [0.5, 0.6) is 0 Å². The molecule has 0 radical (unpaired) electrons. The third kappa shape index (κ3) is 3.91. The van der Waals surface area contributed by atoms with Gasteiger partial charge in [0.05, 0.1) is 15.7 Å². The molecule has 0 atom stereocenters. The molecule has 9 heteroatoms. The van der Waals surface area contributed by atoms with Gasteiger partial charge in [0.2, 0.25) is 0 Å². The fourth-order valence-electron chi connectivity index (χ4n) is 1.58. The number of nitrogens with one attached hydrogen (secondary N) is 1. The van der Waals surface area contributed by atoms with Gasteiger partial charge in [0.15, 0.2) is 0 Å². The molecule has 0 saturated carbocycles.